The molecule has 1 heterocycles. The lowest BCUT2D eigenvalue weighted by Crippen LogP contribution is -2.23. The fourth-order valence-electron chi connectivity index (χ4n) is 1.31. The highest BCUT2D eigenvalue weighted by Gasteiger charge is 2.21. The average molecular weight is 267 g/mol. The minimum Gasteiger partial charge on any atom is -0.464 e. The van der Waals surface area contributed by atoms with E-state index in [4.69, 9.17) is 0 Å². The number of nitrogens with one attached hydrogen (secondary N) is 1. The van der Waals surface area contributed by atoms with Crippen LogP contribution in [0.15, 0.2) is 12.1 Å². The number of rotatable bonds is 5. The summed E-state index contributed by atoms with van der Waals surface area (Å²) < 4.78 is 4.54. The Labute approximate surface area is 111 Å². The first-order chi connectivity index (χ1) is 8.86. The summed E-state index contributed by atoms with van der Waals surface area (Å²) in [5.74, 6) is -0.285. The number of ether oxygens (including phenoxy) is 1. The quantitative estimate of drug-likeness (QED) is 0.499. The highest BCUT2D eigenvalue weighted by atomic mass is 16.6. The van der Waals surface area contributed by atoms with Gasteiger partial charge in [-0.1, -0.05) is 13.8 Å². The maximum absolute atomic E-state index is 11.4. The van der Waals surface area contributed by atoms with E-state index >= 15 is 0 Å². The highest BCUT2D eigenvalue weighted by Crippen LogP contribution is 2.24. The molecule has 0 saturated heterocycles. The second kappa shape index (κ2) is 6.12. The Morgan fingerprint density at radius 1 is 1.42 bits per heavy atom. The molecule has 0 aliphatic rings. The molecule has 0 aliphatic carbocycles. The predicted octanol–water partition coefficient (Wildman–Crippen LogP) is 2.23. The van der Waals surface area contributed by atoms with Gasteiger partial charge in [0.05, 0.1) is 12.0 Å². The number of nitrogens with zero attached hydrogens (tertiary/aromatic N) is 2. The number of hydrogen-bond acceptors (Lipinski definition) is 6. The summed E-state index contributed by atoms with van der Waals surface area (Å²) in [5, 5.41) is 13.9. The van der Waals surface area contributed by atoms with Crippen LogP contribution in [0, 0.1) is 16.0 Å². The van der Waals surface area contributed by atoms with Gasteiger partial charge in [-0.3, -0.25) is 10.1 Å². The monoisotopic (exact) mass is 267 g/mol. The lowest BCUT2D eigenvalue weighted by atomic mass is 10.1. The molecule has 0 radical (unpaired) electrons. The first kappa shape index (κ1) is 14.9. The van der Waals surface area contributed by atoms with E-state index in [-0.39, 0.29) is 29.2 Å². The van der Waals surface area contributed by atoms with Crippen LogP contribution in [0.3, 0.4) is 0 Å². The van der Waals surface area contributed by atoms with Crippen molar-refractivity contribution in [2.24, 2.45) is 5.92 Å². The van der Waals surface area contributed by atoms with Crippen LogP contribution < -0.4 is 5.32 Å². The van der Waals surface area contributed by atoms with Gasteiger partial charge < -0.3 is 10.1 Å². The molecule has 0 spiro atoms. The molecule has 0 amide bonds. The van der Waals surface area contributed by atoms with Crippen molar-refractivity contribution in [3.8, 4) is 0 Å². The number of esters is 1. The second-order valence-corrected chi connectivity index (χ2v) is 4.49. The maximum Gasteiger partial charge on any atom is 0.356 e. The van der Waals surface area contributed by atoms with Crippen molar-refractivity contribution in [2.75, 3.05) is 12.4 Å². The van der Waals surface area contributed by atoms with E-state index in [9.17, 15) is 14.9 Å². The van der Waals surface area contributed by atoms with E-state index < -0.39 is 10.9 Å². The summed E-state index contributed by atoms with van der Waals surface area (Å²) >= 11 is 0. The van der Waals surface area contributed by atoms with Crippen molar-refractivity contribution < 1.29 is 14.5 Å². The van der Waals surface area contributed by atoms with Crippen LogP contribution in [-0.2, 0) is 4.74 Å². The van der Waals surface area contributed by atoms with E-state index in [2.05, 4.69) is 15.0 Å². The van der Waals surface area contributed by atoms with Crippen LogP contribution in [-0.4, -0.2) is 29.0 Å². The van der Waals surface area contributed by atoms with E-state index in [0.29, 0.717) is 0 Å². The van der Waals surface area contributed by atoms with Crippen LogP contribution >= 0.6 is 0 Å². The topological polar surface area (TPSA) is 94.4 Å². The third-order valence-electron chi connectivity index (χ3n) is 2.83. The summed E-state index contributed by atoms with van der Waals surface area (Å²) in [4.78, 5) is 25.7. The largest absolute Gasteiger partial charge is 0.464 e. The molecule has 1 N–H and O–H groups in total. The van der Waals surface area contributed by atoms with E-state index in [0.717, 1.165) is 0 Å². The van der Waals surface area contributed by atoms with Crippen molar-refractivity contribution in [1.29, 1.82) is 0 Å². The summed E-state index contributed by atoms with van der Waals surface area (Å²) in [5.41, 5.74) is -0.133. The highest BCUT2D eigenvalue weighted by molar-refractivity contribution is 5.88. The molecule has 0 bridgehead atoms. The van der Waals surface area contributed by atoms with Gasteiger partial charge in [0.1, 0.15) is 0 Å². The fraction of sp³-hybridized carbons (Fsp3) is 0.500. The van der Waals surface area contributed by atoms with Crippen molar-refractivity contribution in [3.63, 3.8) is 0 Å². The van der Waals surface area contributed by atoms with Gasteiger partial charge in [0, 0.05) is 12.1 Å². The number of pyridine rings is 1. The first-order valence-electron chi connectivity index (χ1n) is 5.87. The molecule has 1 unspecified atom stereocenters. The summed E-state index contributed by atoms with van der Waals surface area (Å²) in [6.45, 7) is 5.85. The molecule has 7 heteroatoms. The first-order valence-corrected chi connectivity index (χ1v) is 5.87. The molecule has 7 nitrogen and oxygen atoms in total. The standard InChI is InChI=1S/C12H17N3O4/c1-7(2)8(3)13-11-10(15(17)18)6-5-9(14-11)12(16)19-4/h5-8H,1-4H3,(H,13,14). The number of aromatic nitrogens is 1. The van der Waals surface area contributed by atoms with Gasteiger partial charge in [-0.2, -0.15) is 0 Å². The van der Waals surface area contributed by atoms with Crippen LogP contribution in [0.1, 0.15) is 31.3 Å². The van der Waals surface area contributed by atoms with E-state index in [1.54, 1.807) is 0 Å². The zero-order valence-electron chi connectivity index (χ0n) is 11.3. The summed E-state index contributed by atoms with van der Waals surface area (Å²) in [6, 6.07) is 2.50. The van der Waals surface area contributed by atoms with Crippen molar-refractivity contribution in [1.82, 2.24) is 4.98 Å². The molecule has 1 rings (SSSR count). The number of methoxy groups -OCH3 is 1. The number of hydrogen-bond donors (Lipinski definition) is 1. The lowest BCUT2D eigenvalue weighted by molar-refractivity contribution is -0.384. The van der Waals surface area contributed by atoms with Gasteiger partial charge in [-0.05, 0) is 18.9 Å². The number of carbonyl (C=O) groups is 1. The third-order valence-corrected chi connectivity index (χ3v) is 2.83. The molecule has 104 valence electrons. The Bertz CT molecular complexity index is 488. The number of nitro groups is 1. The van der Waals surface area contributed by atoms with E-state index in [1.807, 2.05) is 20.8 Å². The molecule has 0 aromatic carbocycles. The molecule has 19 heavy (non-hydrogen) atoms. The van der Waals surface area contributed by atoms with Crippen LogP contribution in [0.2, 0.25) is 0 Å². The Balaban J connectivity index is 3.15. The number of anilines is 1. The molecular weight excluding hydrogens is 250 g/mol. The molecule has 0 fully saturated rings. The normalized spacial score (nSPS) is 12.1. The molecule has 0 aliphatic heterocycles. The molecular formula is C12H17N3O4. The van der Waals surface area contributed by atoms with Crippen LogP contribution in [0.4, 0.5) is 11.5 Å². The maximum atomic E-state index is 11.4. The Morgan fingerprint density at radius 2 is 2.05 bits per heavy atom. The minimum absolute atomic E-state index is 0.0147. The van der Waals surface area contributed by atoms with Crippen LogP contribution in [0.25, 0.3) is 0 Å². The molecule has 1 atom stereocenters. The Morgan fingerprint density at radius 3 is 2.53 bits per heavy atom. The van der Waals surface area contributed by atoms with Gasteiger partial charge in [-0.15, -0.1) is 0 Å². The SMILES string of the molecule is COC(=O)c1ccc([N+](=O)[O-])c(NC(C)C(C)C)n1. The molecule has 0 saturated carbocycles. The average Bonchev–Trinajstić information content (AvgIpc) is 2.37. The van der Waals surface area contributed by atoms with Crippen molar-refractivity contribution in [2.45, 2.75) is 26.8 Å². The summed E-state index contributed by atoms with van der Waals surface area (Å²) in [7, 11) is 1.23. The fourth-order valence-corrected chi connectivity index (χ4v) is 1.31. The van der Waals surface area contributed by atoms with Crippen molar-refractivity contribution in [3.05, 3.63) is 27.9 Å². The van der Waals surface area contributed by atoms with E-state index in [1.165, 1.54) is 19.2 Å². The van der Waals surface area contributed by atoms with Crippen LogP contribution in [0.5, 0.6) is 0 Å². The second-order valence-electron chi connectivity index (χ2n) is 4.49. The van der Waals surface area contributed by atoms with Gasteiger partial charge in [0.15, 0.2) is 5.69 Å². The van der Waals surface area contributed by atoms with Gasteiger partial charge in [0.25, 0.3) is 0 Å². The predicted molar refractivity (Wildman–Crippen MR) is 70.2 cm³/mol. The summed E-state index contributed by atoms with van der Waals surface area (Å²) in [6.07, 6.45) is 0. The zero-order valence-corrected chi connectivity index (χ0v) is 11.3. The van der Waals surface area contributed by atoms with Gasteiger partial charge in [0.2, 0.25) is 5.82 Å². The molecule has 1 aromatic heterocycles. The zero-order chi connectivity index (χ0) is 14.6. The Hall–Kier alpha value is -2.18. The number of carbonyl (C=O) groups excluding carboxylic acids is 1. The Kier molecular flexibility index (Phi) is 4.80. The van der Waals surface area contributed by atoms with Gasteiger partial charge in [-0.25, -0.2) is 9.78 Å². The van der Waals surface area contributed by atoms with Gasteiger partial charge >= 0.3 is 11.7 Å². The smallest absolute Gasteiger partial charge is 0.356 e. The third kappa shape index (κ3) is 3.64. The lowest BCUT2D eigenvalue weighted by Gasteiger charge is -2.18. The minimum atomic E-state index is -0.629. The molecule has 1 aromatic rings. The van der Waals surface area contributed by atoms with Crippen molar-refractivity contribution >= 4 is 17.5 Å².